The molecule has 0 atom stereocenters. The van der Waals surface area contributed by atoms with Gasteiger partial charge in [0.1, 0.15) is 5.75 Å². The van der Waals surface area contributed by atoms with Crippen LogP contribution in [0.25, 0.3) is 0 Å². The molecule has 2 aliphatic rings. The third-order valence-electron chi connectivity index (χ3n) is 5.02. The summed E-state index contributed by atoms with van der Waals surface area (Å²) < 4.78 is 11.1. The highest BCUT2D eigenvalue weighted by atomic mass is 16.7. The highest BCUT2D eigenvalue weighted by Gasteiger charge is 2.49. The summed E-state index contributed by atoms with van der Waals surface area (Å²) in [6.07, 6.45) is 1.20. The number of hydrogen-bond acceptors (Lipinski definition) is 6. The lowest BCUT2D eigenvalue weighted by Crippen LogP contribution is -2.60. The van der Waals surface area contributed by atoms with Crippen LogP contribution in [0.3, 0.4) is 0 Å². The van der Waals surface area contributed by atoms with Gasteiger partial charge < -0.3 is 14.3 Å². The minimum Gasteiger partial charge on any atom is -0.484 e. The van der Waals surface area contributed by atoms with Crippen LogP contribution in [0.5, 0.6) is 5.75 Å². The number of carbonyl (C=O) groups excluding carboxylic acids is 1. The first-order valence-electron chi connectivity index (χ1n) is 9.76. The molecule has 2 aromatic carbocycles. The Morgan fingerprint density at radius 2 is 1.83 bits per heavy atom. The number of hydrogen-bond donors (Lipinski definition) is 1. The molecule has 4 rings (SSSR count). The molecular weight excluding hydrogens is 370 g/mol. The van der Waals surface area contributed by atoms with Gasteiger partial charge in [-0.2, -0.15) is 0 Å². The van der Waals surface area contributed by atoms with Gasteiger partial charge in [0.15, 0.2) is 12.4 Å². The maximum Gasteiger partial charge on any atom is 0.276 e. The smallest absolute Gasteiger partial charge is 0.276 e. The Bertz CT molecular complexity index is 887. The van der Waals surface area contributed by atoms with Crippen molar-refractivity contribution in [1.82, 2.24) is 10.4 Å². The average molecular weight is 395 g/mol. The summed E-state index contributed by atoms with van der Waals surface area (Å²) in [6, 6.07) is 15.4. The van der Waals surface area contributed by atoms with E-state index in [9.17, 15) is 4.79 Å². The van der Waals surface area contributed by atoms with Crippen molar-refractivity contribution in [2.45, 2.75) is 32.4 Å². The first-order valence-corrected chi connectivity index (χ1v) is 9.76. The largest absolute Gasteiger partial charge is 0.484 e. The van der Waals surface area contributed by atoms with Gasteiger partial charge in [0.05, 0.1) is 13.2 Å². The van der Waals surface area contributed by atoms with E-state index in [1.165, 1.54) is 0 Å². The molecule has 7 nitrogen and oxygen atoms in total. The van der Waals surface area contributed by atoms with Crippen LogP contribution < -0.4 is 10.2 Å². The lowest BCUT2D eigenvalue weighted by molar-refractivity contribution is -0.173. The Balaban J connectivity index is 1.54. The standard InChI is InChI=1S/C22H25N3O4/c1-16-12-17(2)14-18(13-16)21-24-29-22(8-10-27-11-9-22)25(21)23-20(26)15-28-19-6-4-3-5-7-19/h3-7,12-14H,8-11,15H2,1-2H3,(H,23,26). The van der Waals surface area contributed by atoms with Crippen molar-refractivity contribution >= 4 is 11.7 Å². The second kappa shape index (κ2) is 8.13. The molecule has 2 aliphatic heterocycles. The highest BCUT2D eigenvalue weighted by Crippen LogP contribution is 2.34. The van der Waals surface area contributed by atoms with E-state index in [2.05, 4.69) is 16.6 Å². The maximum atomic E-state index is 12.7. The van der Waals surface area contributed by atoms with Crippen LogP contribution in [0.4, 0.5) is 0 Å². The first kappa shape index (κ1) is 19.3. The zero-order valence-electron chi connectivity index (χ0n) is 16.7. The second-order valence-corrected chi connectivity index (χ2v) is 7.41. The van der Waals surface area contributed by atoms with Crippen molar-refractivity contribution in [2.24, 2.45) is 5.16 Å². The number of amides is 1. The Kier molecular flexibility index (Phi) is 5.40. The van der Waals surface area contributed by atoms with Crippen molar-refractivity contribution < 1.29 is 19.1 Å². The fourth-order valence-corrected chi connectivity index (χ4v) is 3.67. The molecule has 7 heteroatoms. The zero-order chi connectivity index (χ0) is 20.3. The lowest BCUT2D eigenvalue weighted by atomic mass is 10.0. The van der Waals surface area contributed by atoms with Gasteiger partial charge >= 0.3 is 0 Å². The van der Waals surface area contributed by atoms with E-state index >= 15 is 0 Å². The topological polar surface area (TPSA) is 72.4 Å². The van der Waals surface area contributed by atoms with E-state index in [0.717, 1.165) is 16.7 Å². The summed E-state index contributed by atoms with van der Waals surface area (Å²) in [5.74, 6) is 0.957. The molecule has 0 aromatic heterocycles. The van der Waals surface area contributed by atoms with Gasteiger partial charge in [-0.1, -0.05) is 40.5 Å². The van der Waals surface area contributed by atoms with Crippen LogP contribution in [0.15, 0.2) is 53.7 Å². The van der Waals surface area contributed by atoms with Crippen LogP contribution in [-0.2, 0) is 14.4 Å². The Morgan fingerprint density at radius 1 is 1.14 bits per heavy atom. The predicted octanol–water partition coefficient (Wildman–Crippen LogP) is 2.91. The van der Waals surface area contributed by atoms with Crippen LogP contribution in [0, 0.1) is 13.8 Å². The molecule has 2 heterocycles. The minimum absolute atomic E-state index is 0.104. The van der Waals surface area contributed by atoms with Crippen LogP contribution >= 0.6 is 0 Å². The maximum absolute atomic E-state index is 12.7. The number of benzene rings is 2. The molecule has 1 fully saturated rings. The van der Waals surface area contributed by atoms with E-state index in [-0.39, 0.29) is 12.5 Å². The Morgan fingerprint density at radius 3 is 2.52 bits per heavy atom. The quantitative estimate of drug-likeness (QED) is 0.843. The van der Waals surface area contributed by atoms with E-state index < -0.39 is 5.72 Å². The van der Waals surface area contributed by atoms with Crippen molar-refractivity contribution in [2.75, 3.05) is 19.8 Å². The number of amidine groups is 1. The molecule has 29 heavy (non-hydrogen) atoms. The number of para-hydroxylation sites is 1. The zero-order valence-corrected chi connectivity index (χ0v) is 16.7. The first-order chi connectivity index (χ1) is 14.1. The van der Waals surface area contributed by atoms with E-state index in [0.29, 0.717) is 37.6 Å². The number of aryl methyl sites for hydroxylation is 2. The number of ether oxygens (including phenoxy) is 2. The van der Waals surface area contributed by atoms with Crippen LogP contribution in [0.1, 0.15) is 29.5 Å². The number of nitrogens with zero attached hydrogens (tertiary/aromatic N) is 2. The Labute approximate surface area is 170 Å². The van der Waals surface area contributed by atoms with Gasteiger partial charge in [0.2, 0.25) is 5.72 Å². The summed E-state index contributed by atoms with van der Waals surface area (Å²) in [4.78, 5) is 18.6. The van der Waals surface area contributed by atoms with Gasteiger partial charge in [-0.3, -0.25) is 10.2 Å². The number of hydrazine groups is 1. The number of nitrogens with one attached hydrogen (secondary N) is 1. The van der Waals surface area contributed by atoms with Gasteiger partial charge in [0, 0.05) is 18.4 Å². The van der Waals surface area contributed by atoms with Crippen molar-refractivity contribution in [3.8, 4) is 5.75 Å². The van der Waals surface area contributed by atoms with Gasteiger partial charge in [-0.15, -0.1) is 0 Å². The molecular formula is C22H25N3O4. The van der Waals surface area contributed by atoms with E-state index in [1.807, 2.05) is 56.3 Å². The SMILES string of the molecule is Cc1cc(C)cc(C2=NOC3(CCOCC3)N2NC(=O)COc2ccccc2)c1. The molecule has 0 bridgehead atoms. The summed E-state index contributed by atoms with van der Waals surface area (Å²) in [5.41, 5.74) is 5.35. The second-order valence-electron chi connectivity index (χ2n) is 7.41. The van der Waals surface area contributed by atoms with Crippen molar-refractivity contribution in [3.05, 3.63) is 65.2 Å². The number of oxime groups is 1. The van der Waals surface area contributed by atoms with E-state index in [4.69, 9.17) is 14.3 Å². The summed E-state index contributed by atoms with van der Waals surface area (Å²) >= 11 is 0. The molecule has 1 spiro atoms. The highest BCUT2D eigenvalue weighted by molar-refractivity contribution is 6.00. The van der Waals surface area contributed by atoms with Crippen molar-refractivity contribution in [1.29, 1.82) is 0 Å². The molecule has 0 radical (unpaired) electrons. The molecule has 1 amide bonds. The number of rotatable bonds is 5. The summed E-state index contributed by atoms with van der Waals surface area (Å²) in [6.45, 7) is 5.06. The monoisotopic (exact) mass is 395 g/mol. The van der Waals surface area contributed by atoms with Crippen molar-refractivity contribution in [3.63, 3.8) is 0 Å². The third-order valence-corrected chi connectivity index (χ3v) is 5.02. The third kappa shape index (κ3) is 4.19. The summed E-state index contributed by atoms with van der Waals surface area (Å²) in [7, 11) is 0. The van der Waals surface area contributed by atoms with Crippen LogP contribution in [0.2, 0.25) is 0 Å². The molecule has 0 aliphatic carbocycles. The van der Waals surface area contributed by atoms with E-state index in [1.54, 1.807) is 5.01 Å². The molecule has 0 unspecified atom stereocenters. The number of carbonyl (C=O) groups is 1. The Hall–Kier alpha value is -3.06. The fourth-order valence-electron chi connectivity index (χ4n) is 3.67. The van der Waals surface area contributed by atoms with Gasteiger partial charge in [-0.25, -0.2) is 5.01 Å². The minimum atomic E-state index is -0.742. The fraction of sp³-hybridized carbons (Fsp3) is 0.364. The lowest BCUT2D eigenvalue weighted by Gasteiger charge is -2.39. The van der Waals surface area contributed by atoms with Gasteiger partial charge in [-0.05, 0) is 38.1 Å². The molecule has 1 N–H and O–H groups in total. The van der Waals surface area contributed by atoms with Crippen LogP contribution in [-0.4, -0.2) is 42.3 Å². The molecule has 152 valence electrons. The molecule has 0 saturated carbocycles. The molecule has 2 aromatic rings. The molecule has 1 saturated heterocycles. The normalized spacial score (nSPS) is 17.6. The summed E-state index contributed by atoms with van der Waals surface area (Å²) in [5, 5.41) is 6.10. The van der Waals surface area contributed by atoms with Gasteiger partial charge in [0.25, 0.3) is 5.91 Å². The average Bonchev–Trinajstić information content (AvgIpc) is 3.04. The predicted molar refractivity (Wildman–Crippen MR) is 108 cm³/mol.